The van der Waals surface area contributed by atoms with Gasteiger partial charge >= 0.3 is 0 Å². The van der Waals surface area contributed by atoms with Gasteiger partial charge in [0.25, 0.3) is 0 Å². The molecular weight excluding hydrogens is 467 g/mol. The molecule has 1 atom stereocenters. The van der Waals surface area contributed by atoms with Crippen LogP contribution in [0.25, 0.3) is 0 Å². The summed E-state index contributed by atoms with van der Waals surface area (Å²) in [7, 11) is 4.18. The Morgan fingerprint density at radius 2 is 2.04 bits per heavy atom. The van der Waals surface area contributed by atoms with E-state index in [1.54, 1.807) is 0 Å². The normalized spacial score (nSPS) is 16.9. The van der Waals surface area contributed by atoms with Crippen LogP contribution < -0.4 is 10.6 Å². The Labute approximate surface area is 187 Å². The maximum Gasteiger partial charge on any atom is 0.191 e. The van der Waals surface area contributed by atoms with Crippen LogP contribution in [0.3, 0.4) is 0 Å². The lowest BCUT2D eigenvalue weighted by molar-refractivity contribution is 0.0168. The molecule has 1 heterocycles. The van der Waals surface area contributed by atoms with Crippen molar-refractivity contribution in [3.05, 3.63) is 35.4 Å². The summed E-state index contributed by atoms with van der Waals surface area (Å²) in [6.07, 6.45) is 3.55. The summed E-state index contributed by atoms with van der Waals surface area (Å²) in [5.41, 5.74) is 2.59. The Morgan fingerprint density at radius 1 is 1.25 bits per heavy atom. The SMILES string of the molecule is CCNC(=NCc1ccccc1CN(C)C)NCCCOCC1CCCO1.I. The number of nitrogens with one attached hydrogen (secondary N) is 2. The monoisotopic (exact) mass is 504 g/mol. The Balaban J connectivity index is 0.00000392. The molecule has 0 amide bonds. The van der Waals surface area contributed by atoms with Gasteiger partial charge in [-0.1, -0.05) is 24.3 Å². The molecule has 28 heavy (non-hydrogen) atoms. The Hall–Kier alpha value is -0.900. The summed E-state index contributed by atoms with van der Waals surface area (Å²) in [4.78, 5) is 6.93. The number of rotatable bonds is 11. The largest absolute Gasteiger partial charge is 0.379 e. The van der Waals surface area contributed by atoms with Gasteiger partial charge in [0.05, 0.1) is 19.3 Å². The number of hydrogen-bond acceptors (Lipinski definition) is 4. The Bertz CT molecular complexity index is 563. The molecule has 1 fully saturated rings. The predicted octanol–water partition coefficient (Wildman–Crippen LogP) is 3.01. The third-order valence-electron chi connectivity index (χ3n) is 4.44. The molecule has 1 aromatic carbocycles. The van der Waals surface area contributed by atoms with Gasteiger partial charge in [-0.05, 0) is 51.4 Å². The van der Waals surface area contributed by atoms with Crippen LogP contribution in [0.1, 0.15) is 37.3 Å². The molecule has 0 radical (unpaired) electrons. The summed E-state index contributed by atoms with van der Waals surface area (Å²) in [5.74, 6) is 0.858. The molecule has 0 aromatic heterocycles. The average Bonchev–Trinajstić information content (AvgIpc) is 3.16. The number of guanidine groups is 1. The minimum absolute atomic E-state index is 0. The van der Waals surface area contributed by atoms with E-state index in [-0.39, 0.29) is 24.0 Å². The quantitative estimate of drug-likeness (QED) is 0.210. The number of nitrogens with zero attached hydrogens (tertiary/aromatic N) is 2. The number of aliphatic imine (C=N–C) groups is 1. The molecule has 1 unspecified atom stereocenters. The zero-order chi connectivity index (χ0) is 19.3. The smallest absolute Gasteiger partial charge is 0.191 e. The van der Waals surface area contributed by atoms with E-state index in [1.807, 2.05) is 0 Å². The third-order valence-corrected chi connectivity index (χ3v) is 4.44. The van der Waals surface area contributed by atoms with E-state index < -0.39 is 0 Å². The van der Waals surface area contributed by atoms with Gasteiger partial charge in [-0.3, -0.25) is 0 Å². The van der Waals surface area contributed by atoms with Crippen LogP contribution >= 0.6 is 24.0 Å². The van der Waals surface area contributed by atoms with Crippen molar-refractivity contribution in [3.63, 3.8) is 0 Å². The van der Waals surface area contributed by atoms with Crippen LogP contribution in [-0.2, 0) is 22.6 Å². The molecular formula is C21H37IN4O2. The lowest BCUT2D eigenvalue weighted by Gasteiger charge is -2.15. The maximum atomic E-state index is 5.71. The first kappa shape index (κ1) is 25.1. The van der Waals surface area contributed by atoms with Gasteiger partial charge in [-0.15, -0.1) is 24.0 Å². The van der Waals surface area contributed by atoms with E-state index in [4.69, 9.17) is 14.5 Å². The zero-order valence-electron chi connectivity index (χ0n) is 17.6. The predicted molar refractivity (Wildman–Crippen MR) is 126 cm³/mol. The average molecular weight is 504 g/mol. The van der Waals surface area contributed by atoms with Gasteiger partial charge in [-0.2, -0.15) is 0 Å². The molecule has 6 nitrogen and oxygen atoms in total. The number of hydrogen-bond donors (Lipinski definition) is 2. The number of ether oxygens (including phenoxy) is 2. The second kappa shape index (κ2) is 15.0. The van der Waals surface area contributed by atoms with Gasteiger partial charge in [-0.25, -0.2) is 4.99 Å². The summed E-state index contributed by atoms with van der Waals surface area (Å²) in [6.45, 7) is 7.73. The highest BCUT2D eigenvalue weighted by atomic mass is 127. The summed E-state index contributed by atoms with van der Waals surface area (Å²) < 4.78 is 11.3. The van der Waals surface area contributed by atoms with E-state index in [9.17, 15) is 0 Å². The molecule has 0 saturated carbocycles. The molecule has 160 valence electrons. The van der Waals surface area contributed by atoms with Crippen LogP contribution in [0.2, 0.25) is 0 Å². The van der Waals surface area contributed by atoms with Crippen molar-refractivity contribution in [2.24, 2.45) is 4.99 Å². The van der Waals surface area contributed by atoms with Crippen molar-refractivity contribution in [2.75, 3.05) is 47.0 Å². The molecule has 1 aliphatic rings. The summed E-state index contributed by atoms with van der Waals surface area (Å²) in [6, 6.07) is 8.50. The van der Waals surface area contributed by atoms with E-state index in [0.29, 0.717) is 12.6 Å². The Morgan fingerprint density at radius 3 is 2.71 bits per heavy atom. The zero-order valence-corrected chi connectivity index (χ0v) is 19.9. The second-order valence-electron chi connectivity index (χ2n) is 7.19. The van der Waals surface area contributed by atoms with Crippen LogP contribution in [0.4, 0.5) is 0 Å². The first-order valence-electron chi connectivity index (χ1n) is 10.1. The molecule has 2 rings (SSSR count). The number of halogens is 1. The van der Waals surface area contributed by atoms with E-state index in [1.165, 1.54) is 11.1 Å². The highest BCUT2D eigenvalue weighted by Gasteiger charge is 2.14. The highest BCUT2D eigenvalue weighted by Crippen LogP contribution is 2.12. The van der Waals surface area contributed by atoms with E-state index in [2.05, 4.69) is 60.8 Å². The fourth-order valence-electron chi connectivity index (χ4n) is 3.08. The topological polar surface area (TPSA) is 58.1 Å². The second-order valence-corrected chi connectivity index (χ2v) is 7.19. The van der Waals surface area contributed by atoms with E-state index >= 15 is 0 Å². The van der Waals surface area contributed by atoms with Crippen LogP contribution in [-0.4, -0.2) is 64.0 Å². The first-order valence-corrected chi connectivity index (χ1v) is 10.1. The fourth-order valence-corrected chi connectivity index (χ4v) is 3.08. The van der Waals surface area contributed by atoms with Crippen LogP contribution in [0, 0.1) is 0 Å². The van der Waals surface area contributed by atoms with Gasteiger partial charge in [0, 0.05) is 32.8 Å². The minimum Gasteiger partial charge on any atom is -0.379 e. The fraction of sp³-hybridized carbons (Fsp3) is 0.667. The standard InChI is InChI=1S/C21H36N4O2.HI/c1-4-22-21(23-12-8-13-26-17-20-11-7-14-27-20)24-15-18-9-5-6-10-19(18)16-25(2)3;/h5-6,9-10,20H,4,7-8,11-17H2,1-3H3,(H2,22,23,24);1H. The Kier molecular flexibility index (Phi) is 13.5. The maximum absolute atomic E-state index is 5.71. The molecule has 1 saturated heterocycles. The molecule has 7 heteroatoms. The van der Waals surface area contributed by atoms with Crippen molar-refractivity contribution >= 4 is 29.9 Å². The number of benzene rings is 1. The highest BCUT2D eigenvalue weighted by molar-refractivity contribution is 14.0. The van der Waals surface area contributed by atoms with E-state index in [0.717, 1.165) is 64.7 Å². The van der Waals surface area contributed by atoms with Crippen LogP contribution in [0.15, 0.2) is 29.3 Å². The van der Waals surface area contributed by atoms with Crippen molar-refractivity contribution in [2.45, 2.75) is 45.4 Å². The molecule has 0 spiro atoms. The summed E-state index contributed by atoms with van der Waals surface area (Å²) in [5, 5.41) is 6.71. The lowest BCUT2D eigenvalue weighted by Crippen LogP contribution is -2.38. The van der Waals surface area contributed by atoms with Gasteiger partial charge in [0.15, 0.2) is 5.96 Å². The van der Waals surface area contributed by atoms with Crippen molar-refractivity contribution in [1.29, 1.82) is 0 Å². The molecule has 2 N–H and O–H groups in total. The van der Waals surface area contributed by atoms with Crippen molar-refractivity contribution in [3.8, 4) is 0 Å². The molecule has 1 aromatic rings. The lowest BCUT2D eigenvalue weighted by atomic mass is 10.1. The molecule has 1 aliphatic heterocycles. The molecule has 0 bridgehead atoms. The van der Waals surface area contributed by atoms with Crippen molar-refractivity contribution < 1.29 is 9.47 Å². The first-order chi connectivity index (χ1) is 13.2. The third kappa shape index (κ3) is 10.0. The minimum atomic E-state index is 0. The van der Waals surface area contributed by atoms with Crippen LogP contribution in [0.5, 0.6) is 0 Å². The van der Waals surface area contributed by atoms with Crippen molar-refractivity contribution in [1.82, 2.24) is 15.5 Å². The van der Waals surface area contributed by atoms with Gasteiger partial charge in [0.2, 0.25) is 0 Å². The van der Waals surface area contributed by atoms with Gasteiger partial charge in [0.1, 0.15) is 0 Å². The summed E-state index contributed by atoms with van der Waals surface area (Å²) >= 11 is 0. The molecule has 0 aliphatic carbocycles. The van der Waals surface area contributed by atoms with Gasteiger partial charge < -0.3 is 25.0 Å².